The number of fused-ring (bicyclic) bond motifs is 1. The molecule has 1 aromatic heterocycles. The standard InChI is InChI=1S/C24H31N3O2/c1-4-27(5-2)23(18-9-8-10-20(15-18)29-3)17-26-24(28)14-13-19-16-25-22-12-7-6-11-21(19)22/h6-12,15-16,23,25H,4-5,13-14,17H2,1-3H3,(H,26,28). The second-order valence-corrected chi connectivity index (χ2v) is 7.18. The normalized spacial score (nSPS) is 12.3. The summed E-state index contributed by atoms with van der Waals surface area (Å²) in [6.07, 6.45) is 3.21. The van der Waals surface area contributed by atoms with Crippen molar-refractivity contribution in [2.24, 2.45) is 0 Å². The van der Waals surface area contributed by atoms with E-state index in [1.54, 1.807) is 7.11 Å². The van der Waals surface area contributed by atoms with Crippen LogP contribution >= 0.6 is 0 Å². The van der Waals surface area contributed by atoms with Crippen LogP contribution in [-0.2, 0) is 11.2 Å². The molecule has 0 fully saturated rings. The van der Waals surface area contributed by atoms with Crippen LogP contribution in [0.5, 0.6) is 5.75 Å². The van der Waals surface area contributed by atoms with Gasteiger partial charge in [0.2, 0.25) is 5.91 Å². The molecular formula is C24H31N3O2. The lowest BCUT2D eigenvalue weighted by Gasteiger charge is -2.30. The van der Waals surface area contributed by atoms with Crippen LogP contribution < -0.4 is 10.1 Å². The smallest absolute Gasteiger partial charge is 0.220 e. The summed E-state index contributed by atoms with van der Waals surface area (Å²) in [7, 11) is 1.68. The molecule has 1 amide bonds. The monoisotopic (exact) mass is 393 g/mol. The number of nitrogens with one attached hydrogen (secondary N) is 2. The van der Waals surface area contributed by atoms with Crippen molar-refractivity contribution < 1.29 is 9.53 Å². The molecule has 0 aliphatic heterocycles. The number of H-pyrrole nitrogens is 1. The zero-order chi connectivity index (χ0) is 20.6. The first-order valence-electron chi connectivity index (χ1n) is 10.4. The lowest BCUT2D eigenvalue weighted by molar-refractivity contribution is -0.121. The molecule has 0 bridgehead atoms. The minimum Gasteiger partial charge on any atom is -0.497 e. The number of nitrogens with zero attached hydrogens (tertiary/aromatic N) is 1. The number of rotatable bonds is 10. The third-order valence-corrected chi connectivity index (χ3v) is 5.52. The van der Waals surface area contributed by atoms with Crippen LogP contribution in [0.4, 0.5) is 0 Å². The largest absolute Gasteiger partial charge is 0.497 e. The molecule has 2 aromatic carbocycles. The Hall–Kier alpha value is -2.79. The van der Waals surface area contributed by atoms with Crippen molar-refractivity contribution in [1.29, 1.82) is 0 Å². The van der Waals surface area contributed by atoms with Crippen LogP contribution in [0.1, 0.15) is 37.4 Å². The van der Waals surface area contributed by atoms with Crippen LogP contribution in [0.3, 0.4) is 0 Å². The summed E-state index contributed by atoms with van der Waals surface area (Å²) in [6, 6.07) is 16.4. The molecule has 0 aliphatic carbocycles. The van der Waals surface area contributed by atoms with E-state index in [9.17, 15) is 4.79 Å². The Labute approximate surface area is 173 Å². The zero-order valence-electron chi connectivity index (χ0n) is 17.6. The van der Waals surface area contributed by atoms with Crippen molar-refractivity contribution in [2.45, 2.75) is 32.7 Å². The van der Waals surface area contributed by atoms with Gasteiger partial charge in [-0.2, -0.15) is 0 Å². The number of amides is 1. The van der Waals surface area contributed by atoms with Gasteiger partial charge < -0.3 is 15.0 Å². The van der Waals surface area contributed by atoms with Crippen molar-refractivity contribution in [3.8, 4) is 5.75 Å². The number of aromatic amines is 1. The molecule has 0 spiro atoms. The highest BCUT2D eigenvalue weighted by molar-refractivity contribution is 5.84. The Morgan fingerprint density at radius 2 is 1.93 bits per heavy atom. The fourth-order valence-electron chi connectivity index (χ4n) is 3.86. The van der Waals surface area contributed by atoms with Crippen molar-refractivity contribution in [1.82, 2.24) is 15.2 Å². The lowest BCUT2D eigenvalue weighted by atomic mass is 10.0. The lowest BCUT2D eigenvalue weighted by Crippen LogP contribution is -2.38. The van der Waals surface area contributed by atoms with Gasteiger partial charge in [-0.25, -0.2) is 0 Å². The predicted molar refractivity (Wildman–Crippen MR) is 118 cm³/mol. The number of likely N-dealkylation sites (N-methyl/N-ethyl adjacent to an activating group) is 1. The maximum absolute atomic E-state index is 12.6. The second-order valence-electron chi connectivity index (χ2n) is 7.18. The highest BCUT2D eigenvalue weighted by atomic mass is 16.5. The van der Waals surface area contributed by atoms with E-state index in [0.29, 0.717) is 13.0 Å². The van der Waals surface area contributed by atoms with Crippen LogP contribution in [0, 0.1) is 0 Å². The molecule has 2 N–H and O–H groups in total. The third-order valence-electron chi connectivity index (χ3n) is 5.52. The Morgan fingerprint density at radius 1 is 1.14 bits per heavy atom. The maximum atomic E-state index is 12.6. The van der Waals surface area contributed by atoms with E-state index >= 15 is 0 Å². The molecule has 1 atom stereocenters. The van der Waals surface area contributed by atoms with Gasteiger partial charge in [-0.3, -0.25) is 9.69 Å². The van der Waals surface area contributed by atoms with E-state index in [1.165, 1.54) is 10.9 Å². The highest BCUT2D eigenvalue weighted by Gasteiger charge is 2.19. The van der Waals surface area contributed by atoms with Gasteiger partial charge in [-0.1, -0.05) is 44.2 Å². The van der Waals surface area contributed by atoms with Gasteiger partial charge in [-0.15, -0.1) is 0 Å². The topological polar surface area (TPSA) is 57.4 Å². The zero-order valence-corrected chi connectivity index (χ0v) is 17.6. The molecule has 29 heavy (non-hydrogen) atoms. The molecule has 0 saturated heterocycles. The number of aromatic nitrogens is 1. The first-order chi connectivity index (χ1) is 14.2. The summed E-state index contributed by atoms with van der Waals surface area (Å²) < 4.78 is 5.38. The van der Waals surface area contributed by atoms with Crippen molar-refractivity contribution in [2.75, 3.05) is 26.7 Å². The van der Waals surface area contributed by atoms with Gasteiger partial charge in [0.05, 0.1) is 13.2 Å². The fraction of sp³-hybridized carbons (Fsp3) is 0.375. The van der Waals surface area contributed by atoms with E-state index in [0.717, 1.165) is 36.3 Å². The first-order valence-corrected chi connectivity index (χ1v) is 10.4. The van der Waals surface area contributed by atoms with E-state index in [4.69, 9.17) is 4.74 Å². The molecule has 5 nitrogen and oxygen atoms in total. The molecular weight excluding hydrogens is 362 g/mol. The second kappa shape index (κ2) is 10.1. The van der Waals surface area contributed by atoms with Gasteiger partial charge in [-0.05, 0) is 48.8 Å². The molecule has 1 heterocycles. The molecule has 3 aromatic rings. The van der Waals surface area contributed by atoms with Crippen LogP contribution in [0.25, 0.3) is 10.9 Å². The molecule has 154 valence electrons. The number of hydrogen-bond donors (Lipinski definition) is 2. The summed E-state index contributed by atoms with van der Waals surface area (Å²) in [5.41, 5.74) is 3.45. The van der Waals surface area contributed by atoms with E-state index in [2.05, 4.69) is 53.3 Å². The Morgan fingerprint density at radius 3 is 2.69 bits per heavy atom. The van der Waals surface area contributed by atoms with Gasteiger partial charge in [0, 0.05) is 30.1 Å². The average molecular weight is 394 g/mol. The molecule has 0 aliphatic rings. The fourth-order valence-corrected chi connectivity index (χ4v) is 3.86. The summed E-state index contributed by atoms with van der Waals surface area (Å²) in [5, 5.41) is 4.34. The Balaban J connectivity index is 1.63. The number of para-hydroxylation sites is 1. The molecule has 5 heteroatoms. The first kappa shape index (κ1) is 20.9. The number of hydrogen-bond acceptors (Lipinski definition) is 3. The van der Waals surface area contributed by atoms with Gasteiger partial charge in [0.15, 0.2) is 0 Å². The number of methoxy groups -OCH3 is 1. The summed E-state index contributed by atoms with van der Waals surface area (Å²) in [6.45, 7) is 6.72. The van der Waals surface area contributed by atoms with E-state index < -0.39 is 0 Å². The summed E-state index contributed by atoms with van der Waals surface area (Å²) in [5.74, 6) is 0.917. The third kappa shape index (κ3) is 5.18. The van der Waals surface area contributed by atoms with Crippen LogP contribution in [0.2, 0.25) is 0 Å². The van der Waals surface area contributed by atoms with Gasteiger partial charge in [0.25, 0.3) is 0 Å². The number of carbonyl (C=O) groups excluding carboxylic acids is 1. The SMILES string of the molecule is CCN(CC)C(CNC(=O)CCc1c[nH]c2ccccc12)c1cccc(OC)c1. The van der Waals surface area contributed by atoms with Crippen molar-refractivity contribution in [3.05, 3.63) is 65.9 Å². The van der Waals surface area contributed by atoms with Gasteiger partial charge >= 0.3 is 0 Å². The molecule has 1 unspecified atom stereocenters. The molecule has 0 radical (unpaired) electrons. The minimum absolute atomic E-state index is 0.0790. The Bertz CT molecular complexity index is 931. The average Bonchev–Trinajstić information content (AvgIpc) is 3.18. The minimum atomic E-state index is 0.0790. The van der Waals surface area contributed by atoms with Gasteiger partial charge in [0.1, 0.15) is 5.75 Å². The number of aryl methyl sites for hydroxylation is 1. The summed E-state index contributed by atoms with van der Waals surface area (Å²) in [4.78, 5) is 18.2. The molecule has 3 rings (SSSR count). The number of benzene rings is 2. The van der Waals surface area contributed by atoms with Crippen LogP contribution in [-0.4, -0.2) is 42.5 Å². The van der Waals surface area contributed by atoms with Crippen LogP contribution in [0.15, 0.2) is 54.7 Å². The quantitative estimate of drug-likeness (QED) is 0.540. The van der Waals surface area contributed by atoms with E-state index in [-0.39, 0.29) is 11.9 Å². The Kier molecular flexibility index (Phi) is 7.30. The summed E-state index contributed by atoms with van der Waals surface area (Å²) >= 11 is 0. The predicted octanol–water partition coefficient (Wildman–Crippen LogP) is 4.31. The van der Waals surface area contributed by atoms with Crippen molar-refractivity contribution >= 4 is 16.8 Å². The number of carbonyl (C=O) groups is 1. The number of ether oxygens (including phenoxy) is 1. The van der Waals surface area contributed by atoms with E-state index in [1.807, 2.05) is 30.5 Å². The van der Waals surface area contributed by atoms with Crippen molar-refractivity contribution in [3.63, 3.8) is 0 Å². The molecule has 0 saturated carbocycles. The highest BCUT2D eigenvalue weighted by Crippen LogP contribution is 2.24. The maximum Gasteiger partial charge on any atom is 0.220 e.